The lowest BCUT2D eigenvalue weighted by Crippen LogP contribution is -2.38. The lowest BCUT2D eigenvalue weighted by molar-refractivity contribution is 0.220. The lowest BCUT2D eigenvalue weighted by atomic mass is 9.99. The summed E-state index contributed by atoms with van der Waals surface area (Å²) in [6.07, 6.45) is 9.00. The first-order valence-corrected chi connectivity index (χ1v) is 7.86. The predicted molar refractivity (Wildman–Crippen MR) is 88.8 cm³/mol. The van der Waals surface area contributed by atoms with Crippen LogP contribution in [0.15, 0.2) is 30.9 Å². The van der Waals surface area contributed by atoms with Crippen molar-refractivity contribution in [2.24, 2.45) is 5.92 Å². The van der Waals surface area contributed by atoms with Gasteiger partial charge >= 0.3 is 0 Å². The largest absolute Gasteiger partial charge is 0.476 e. The first-order valence-electron chi connectivity index (χ1n) is 7.86. The van der Waals surface area contributed by atoms with E-state index in [4.69, 9.17) is 4.74 Å². The number of aromatic nitrogens is 4. The molecule has 122 valence electrons. The monoisotopic (exact) mass is 314 g/mol. The molecule has 7 nitrogen and oxygen atoms in total. The fourth-order valence-corrected chi connectivity index (χ4v) is 2.69. The van der Waals surface area contributed by atoms with Gasteiger partial charge in [0.25, 0.3) is 0 Å². The van der Waals surface area contributed by atoms with Gasteiger partial charge in [-0.15, -0.1) is 0 Å². The fourth-order valence-electron chi connectivity index (χ4n) is 2.69. The van der Waals surface area contributed by atoms with Crippen molar-refractivity contribution in [2.45, 2.75) is 12.8 Å². The molecule has 2 aromatic rings. The third kappa shape index (κ3) is 4.06. The molecule has 3 rings (SSSR count). The van der Waals surface area contributed by atoms with Gasteiger partial charge in [0, 0.05) is 51.7 Å². The maximum absolute atomic E-state index is 5.74. The van der Waals surface area contributed by atoms with E-state index in [9.17, 15) is 0 Å². The number of hydrogen-bond acceptors (Lipinski definition) is 7. The van der Waals surface area contributed by atoms with E-state index in [0.29, 0.717) is 18.4 Å². The number of piperidine rings is 1. The zero-order valence-electron chi connectivity index (χ0n) is 13.6. The molecule has 1 aliphatic heterocycles. The Morgan fingerprint density at radius 3 is 2.96 bits per heavy atom. The average Bonchev–Trinajstić information content (AvgIpc) is 2.61. The molecule has 0 bridgehead atoms. The van der Waals surface area contributed by atoms with Crippen molar-refractivity contribution >= 4 is 11.8 Å². The molecule has 0 spiro atoms. The van der Waals surface area contributed by atoms with Gasteiger partial charge in [-0.3, -0.25) is 4.98 Å². The molecule has 0 aliphatic carbocycles. The van der Waals surface area contributed by atoms with Crippen LogP contribution in [0.4, 0.5) is 11.8 Å². The van der Waals surface area contributed by atoms with Crippen LogP contribution in [-0.4, -0.2) is 53.7 Å². The highest BCUT2D eigenvalue weighted by atomic mass is 16.5. The van der Waals surface area contributed by atoms with Crippen molar-refractivity contribution in [1.29, 1.82) is 0 Å². The zero-order valence-corrected chi connectivity index (χ0v) is 13.6. The van der Waals surface area contributed by atoms with E-state index in [1.54, 1.807) is 18.6 Å². The number of ether oxygens (including phenoxy) is 1. The minimum Gasteiger partial charge on any atom is -0.476 e. The van der Waals surface area contributed by atoms with Gasteiger partial charge in [-0.25, -0.2) is 9.97 Å². The predicted octanol–water partition coefficient (Wildman–Crippen LogP) is 1.63. The van der Waals surface area contributed by atoms with Gasteiger partial charge in [-0.2, -0.15) is 4.98 Å². The van der Waals surface area contributed by atoms with Gasteiger partial charge in [0.2, 0.25) is 11.8 Å². The lowest BCUT2D eigenvalue weighted by Gasteiger charge is -2.32. The Morgan fingerprint density at radius 1 is 1.26 bits per heavy atom. The molecule has 1 atom stereocenters. The normalized spacial score (nSPS) is 17.8. The molecular weight excluding hydrogens is 292 g/mol. The summed E-state index contributed by atoms with van der Waals surface area (Å²) in [5.74, 6) is 2.74. The Bertz CT molecular complexity index is 621. The first kappa shape index (κ1) is 15.5. The van der Waals surface area contributed by atoms with Crippen LogP contribution in [0.25, 0.3) is 0 Å². The SMILES string of the molecule is CN(C)c1ccnc(N2CCCC(COc3cnccn3)C2)n1. The summed E-state index contributed by atoms with van der Waals surface area (Å²) in [5, 5.41) is 0. The molecule has 1 fully saturated rings. The second kappa shape index (κ2) is 7.21. The van der Waals surface area contributed by atoms with Crippen molar-refractivity contribution in [2.75, 3.05) is 43.6 Å². The highest BCUT2D eigenvalue weighted by Gasteiger charge is 2.22. The minimum atomic E-state index is 0.442. The standard InChI is InChI=1S/C16H22N6O/c1-21(2)14-5-6-19-16(20-14)22-9-3-4-13(11-22)12-23-15-10-17-7-8-18-15/h5-8,10,13H,3-4,9,11-12H2,1-2H3. The molecule has 1 aliphatic rings. The molecule has 2 aromatic heterocycles. The van der Waals surface area contributed by atoms with Gasteiger partial charge in [0.1, 0.15) is 5.82 Å². The van der Waals surface area contributed by atoms with E-state index in [2.05, 4.69) is 24.8 Å². The van der Waals surface area contributed by atoms with Gasteiger partial charge in [-0.05, 0) is 18.9 Å². The number of anilines is 2. The molecule has 0 amide bonds. The Hall–Kier alpha value is -2.44. The summed E-state index contributed by atoms with van der Waals surface area (Å²) >= 11 is 0. The summed E-state index contributed by atoms with van der Waals surface area (Å²) in [6.45, 7) is 2.53. The molecule has 1 saturated heterocycles. The van der Waals surface area contributed by atoms with E-state index in [-0.39, 0.29) is 0 Å². The molecule has 23 heavy (non-hydrogen) atoms. The van der Waals surface area contributed by atoms with E-state index < -0.39 is 0 Å². The third-order valence-electron chi connectivity index (χ3n) is 3.89. The summed E-state index contributed by atoms with van der Waals surface area (Å²) in [5.41, 5.74) is 0. The second-order valence-corrected chi connectivity index (χ2v) is 5.92. The maximum atomic E-state index is 5.74. The molecule has 7 heteroatoms. The van der Waals surface area contributed by atoms with Crippen LogP contribution in [0, 0.1) is 5.92 Å². The molecule has 3 heterocycles. The summed E-state index contributed by atoms with van der Waals surface area (Å²) in [7, 11) is 3.97. The molecular formula is C16H22N6O. The van der Waals surface area contributed by atoms with Crippen LogP contribution >= 0.6 is 0 Å². The summed E-state index contributed by atoms with van der Waals surface area (Å²) in [6, 6.07) is 1.92. The van der Waals surface area contributed by atoms with Crippen molar-refractivity contribution in [1.82, 2.24) is 19.9 Å². The maximum Gasteiger partial charge on any atom is 0.232 e. The van der Waals surface area contributed by atoms with Crippen LogP contribution in [0.5, 0.6) is 5.88 Å². The molecule has 0 N–H and O–H groups in total. The van der Waals surface area contributed by atoms with Gasteiger partial charge in [-0.1, -0.05) is 0 Å². The van der Waals surface area contributed by atoms with Crippen molar-refractivity contribution < 1.29 is 4.74 Å². The Kier molecular flexibility index (Phi) is 4.85. The van der Waals surface area contributed by atoms with Crippen LogP contribution in [0.1, 0.15) is 12.8 Å². The van der Waals surface area contributed by atoms with Crippen molar-refractivity contribution in [3.05, 3.63) is 30.9 Å². The summed E-state index contributed by atoms with van der Waals surface area (Å²) < 4.78 is 5.74. The summed E-state index contributed by atoms with van der Waals surface area (Å²) in [4.78, 5) is 21.4. The van der Waals surface area contributed by atoms with E-state index in [1.807, 2.05) is 31.3 Å². The molecule has 1 unspecified atom stereocenters. The number of nitrogens with zero attached hydrogens (tertiary/aromatic N) is 6. The highest BCUT2D eigenvalue weighted by Crippen LogP contribution is 2.22. The van der Waals surface area contributed by atoms with Crippen molar-refractivity contribution in [3.63, 3.8) is 0 Å². The minimum absolute atomic E-state index is 0.442. The van der Waals surface area contributed by atoms with E-state index in [1.165, 1.54) is 0 Å². The van der Waals surface area contributed by atoms with E-state index in [0.717, 1.165) is 37.7 Å². The quantitative estimate of drug-likeness (QED) is 0.831. The fraction of sp³-hybridized carbons (Fsp3) is 0.500. The Labute approximate surface area is 136 Å². The molecule has 0 aromatic carbocycles. The highest BCUT2D eigenvalue weighted by molar-refractivity contribution is 5.42. The smallest absolute Gasteiger partial charge is 0.232 e. The third-order valence-corrected chi connectivity index (χ3v) is 3.89. The zero-order chi connectivity index (χ0) is 16.1. The molecule has 0 saturated carbocycles. The molecule has 0 radical (unpaired) electrons. The first-order chi connectivity index (χ1) is 11.2. The van der Waals surface area contributed by atoms with Crippen LogP contribution in [0.2, 0.25) is 0 Å². The second-order valence-electron chi connectivity index (χ2n) is 5.92. The van der Waals surface area contributed by atoms with Crippen LogP contribution in [0.3, 0.4) is 0 Å². The van der Waals surface area contributed by atoms with Crippen molar-refractivity contribution in [3.8, 4) is 5.88 Å². The van der Waals surface area contributed by atoms with Gasteiger partial charge in [0.05, 0.1) is 12.8 Å². The van der Waals surface area contributed by atoms with Gasteiger partial charge < -0.3 is 14.5 Å². The van der Waals surface area contributed by atoms with Crippen LogP contribution < -0.4 is 14.5 Å². The number of rotatable bonds is 5. The Balaban J connectivity index is 1.60. The van der Waals surface area contributed by atoms with Crippen LogP contribution in [-0.2, 0) is 0 Å². The van der Waals surface area contributed by atoms with E-state index >= 15 is 0 Å². The average molecular weight is 314 g/mol. The topological polar surface area (TPSA) is 67.3 Å². The Morgan fingerprint density at radius 2 is 2.17 bits per heavy atom. The number of hydrogen-bond donors (Lipinski definition) is 0. The van der Waals surface area contributed by atoms with Gasteiger partial charge in [0.15, 0.2) is 0 Å².